The molecule has 26 heavy (non-hydrogen) atoms. The molecule has 1 atom stereocenters. The molecule has 0 saturated carbocycles. The van der Waals surface area contributed by atoms with Gasteiger partial charge in [-0.3, -0.25) is 0 Å². The third kappa shape index (κ3) is 4.78. The number of nitrogens with zero attached hydrogens (tertiary/aromatic N) is 3. The van der Waals surface area contributed by atoms with E-state index in [2.05, 4.69) is 32.7 Å². The fourth-order valence-electron chi connectivity index (χ4n) is 2.97. The minimum atomic E-state index is -0.442. The van der Waals surface area contributed by atoms with Crippen LogP contribution in [0, 0.1) is 11.7 Å². The van der Waals surface area contributed by atoms with Crippen LogP contribution in [0.3, 0.4) is 0 Å². The van der Waals surface area contributed by atoms with Gasteiger partial charge in [-0.05, 0) is 58.0 Å². The fourth-order valence-corrected chi connectivity index (χ4v) is 2.97. The third-order valence-electron chi connectivity index (χ3n) is 4.63. The number of urea groups is 1. The molecule has 1 fully saturated rings. The van der Waals surface area contributed by atoms with Gasteiger partial charge >= 0.3 is 6.03 Å². The Hall–Kier alpha value is -2.48. The molecular formula is C18H24FN5O2. The summed E-state index contributed by atoms with van der Waals surface area (Å²) >= 11 is 0. The molecule has 0 spiro atoms. The first-order valence-corrected chi connectivity index (χ1v) is 8.83. The molecule has 1 saturated heterocycles. The summed E-state index contributed by atoms with van der Waals surface area (Å²) in [5.74, 6) is 0.710. The number of carbonyl (C=O) groups is 1. The summed E-state index contributed by atoms with van der Waals surface area (Å²) in [6, 6.07) is 5.26. The molecular weight excluding hydrogens is 337 g/mol. The number of amides is 2. The number of halogens is 1. The van der Waals surface area contributed by atoms with Gasteiger partial charge < -0.3 is 20.1 Å². The van der Waals surface area contributed by atoms with Crippen LogP contribution in [-0.2, 0) is 0 Å². The summed E-state index contributed by atoms with van der Waals surface area (Å²) < 4.78 is 18.5. The zero-order valence-electron chi connectivity index (χ0n) is 15.0. The Morgan fingerprint density at radius 3 is 2.92 bits per heavy atom. The van der Waals surface area contributed by atoms with Crippen molar-refractivity contribution in [2.24, 2.45) is 5.92 Å². The maximum atomic E-state index is 13.3. The quantitative estimate of drug-likeness (QED) is 0.855. The summed E-state index contributed by atoms with van der Waals surface area (Å²) in [4.78, 5) is 18.6. The molecule has 0 bridgehead atoms. The number of nitrogens with one attached hydrogen (secondary N) is 2. The van der Waals surface area contributed by atoms with Gasteiger partial charge in [0.15, 0.2) is 0 Å². The molecule has 3 rings (SSSR count). The second kappa shape index (κ2) is 8.27. The van der Waals surface area contributed by atoms with Crippen molar-refractivity contribution in [2.75, 3.05) is 26.7 Å². The van der Waals surface area contributed by atoms with Gasteiger partial charge in [0.05, 0.1) is 0 Å². The normalized spacial score (nSPS) is 17.0. The van der Waals surface area contributed by atoms with Crippen LogP contribution < -0.4 is 10.6 Å². The molecule has 1 aromatic carbocycles. The van der Waals surface area contributed by atoms with Gasteiger partial charge in [-0.25, -0.2) is 9.18 Å². The maximum Gasteiger partial charge on any atom is 0.315 e. The highest BCUT2D eigenvalue weighted by Crippen LogP contribution is 2.19. The van der Waals surface area contributed by atoms with Crippen molar-refractivity contribution in [1.82, 2.24) is 25.7 Å². The minimum absolute atomic E-state index is 0.262. The van der Waals surface area contributed by atoms with Crippen LogP contribution in [0.15, 0.2) is 28.8 Å². The number of hydrogen-bond donors (Lipinski definition) is 2. The number of aromatic nitrogens is 2. The molecule has 1 aliphatic heterocycles. The van der Waals surface area contributed by atoms with Crippen molar-refractivity contribution in [1.29, 1.82) is 0 Å². The van der Waals surface area contributed by atoms with Gasteiger partial charge in [0.2, 0.25) is 11.7 Å². The van der Waals surface area contributed by atoms with Gasteiger partial charge in [0.1, 0.15) is 11.9 Å². The Balaban J connectivity index is 1.50. The van der Waals surface area contributed by atoms with Crippen LogP contribution in [0.25, 0.3) is 11.4 Å². The van der Waals surface area contributed by atoms with Crippen LogP contribution in [0.4, 0.5) is 9.18 Å². The van der Waals surface area contributed by atoms with E-state index in [0.29, 0.717) is 23.9 Å². The Morgan fingerprint density at radius 2 is 2.19 bits per heavy atom. The molecule has 2 amide bonds. The number of benzene rings is 1. The lowest BCUT2D eigenvalue weighted by Crippen LogP contribution is -2.41. The topological polar surface area (TPSA) is 83.3 Å². The van der Waals surface area contributed by atoms with E-state index >= 15 is 0 Å². The number of likely N-dealkylation sites (tertiary alicyclic amines) is 1. The smallest absolute Gasteiger partial charge is 0.315 e. The molecule has 1 unspecified atom stereocenters. The monoisotopic (exact) mass is 361 g/mol. The van der Waals surface area contributed by atoms with Gasteiger partial charge in [0, 0.05) is 12.1 Å². The zero-order chi connectivity index (χ0) is 18.5. The van der Waals surface area contributed by atoms with Crippen molar-refractivity contribution < 1.29 is 13.7 Å². The maximum absolute atomic E-state index is 13.3. The van der Waals surface area contributed by atoms with E-state index in [1.165, 1.54) is 12.1 Å². The summed E-state index contributed by atoms with van der Waals surface area (Å²) in [5, 5.41) is 9.55. The molecule has 8 heteroatoms. The summed E-state index contributed by atoms with van der Waals surface area (Å²) in [6.45, 7) is 4.55. The highest BCUT2D eigenvalue weighted by Gasteiger charge is 2.20. The van der Waals surface area contributed by atoms with Crippen LogP contribution in [0.1, 0.15) is 31.7 Å². The van der Waals surface area contributed by atoms with Crippen LogP contribution in [0.2, 0.25) is 0 Å². The van der Waals surface area contributed by atoms with Crippen molar-refractivity contribution in [3.05, 3.63) is 36.0 Å². The van der Waals surface area contributed by atoms with E-state index in [1.54, 1.807) is 19.1 Å². The van der Waals surface area contributed by atoms with E-state index in [4.69, 9.17) is 4.52 Å². The minimum Gasteiger partial charge on any atom is -0.338 e. The third-order valence-corrected chi connectivity index (χ3v) is 4.63. The van der Waals surface area contributed by atoms with Crippen molar-refractivity contribution >= 4 is 6.03 Å². The highest BCUT2D eigenvalue weighted by atomic mass is 19.1. The lowest BCUT2D eigenvalue weighted by atomic mass is 9.97. The Labute approximate surface area is 152 Å². The predicted octanol–water partition coefficient (Wildman–Crippen LogP) is 2.58. The largest absolute Gasteiger partial charge is 0.338 e. The lowest BCUT2D eigenvalue weighted by Gasteiger charge is -2.29. The molecule has 7 nitrogen and oxygen atoms in total. The summed E-state index contributed by atoms with van der Waals surface area (Å²) in [6.07, 6.45) is 2.18. The SMILES string of the molecule is CC(NC(=O)NCC1CCN(C)CC1)c1nc(-c2cccc(F)c2)no1. The number of carbonyl (C=O) groups excluding carboxylic acids is 1. The molecule has 1 aromatic heterocycles. The first-order valence-electron chi connectivity index (χ1n) is 8.83. The van der Waals surface area contributed by atoms with Crippen molar-refractivity contribution in [2.45, 2.75) is 25.8 Å². The second-order valence-electron chi connectivity index (χ2n) is 6.79. The van der Waals surface area contributed by atoms with E-state index < -0.39 is 6.04 Å². The number of piperidine rings is 1. The average molecular weight is 361 g/mol. The van der Waals surface area contributed by atoms with Crippen molar-refractivity contribution in [3.8, 4) is 11.4 Å². The number of rotatable bonds is 5. The lowest BCUT2D eigenvalue weighted by molar-refractivity contribution is 0.208. The van der Waals surface area contributed by atoms with Crippen LogP contribution >= 0.6 is 0 Å². The predicted molar refractivity (Wildman–Crippen MR) is 94.9 cm³/mol. The second-order valence-corrected chi connectivity index (χ2v) is 6.79. The first-order chi connectivity index (χ1) is 12.5. The molecule has 2 heterocycles. The summed E-state index contributed by atoms with van der Waals surface area (Å²) in [5.41, 5.74) is 0.527. The van der Waals surface area contributed by atoms with Gasteiger partial charge in [-0.15, -0.1) is 0 Å². The average Bonchev–Trinajstić information content (AvgIpc) is 3.11. The number of hydrogen-bond acceptors (Lipinski definition) is 5. The molecule has 0 aliphatic carbocycles. The van der Waals surface area contributed by atoms with E-state index in [9.17, 15) is 9.18 Å². The highest BCUT2D eigenvalue weighted by molar-refractivity contribution is 5.74. The Morgan fingerprint density at radius 1 is 1.42 bits per heavy atom. The zero-order valence-corrected chi connectivity index (χ0v) is 15.0. The van der Waals surface area contributed by atoms with E-state index in [0.717, 1.165) is 25.9 Å². The van der Waals surface area contributed by atoms with Gasteiger partial charge in [0.25, 0.3) is 0 Å². The van der Waals surface area contributed by atoms with E-state index in [-0.39, 0.29) is 17.7 Å². The fraction of sp³-hybridized carbons (Fsp3) is 0.500. The summed E-state index contributed by atoms with van der Waals surface area (Å²) in [7, 11) is 2.11. The Bertz CT molecular complexity index is 743. The first kappa shape index (κ1) is 18.3. The standard InChI is InChI=1S/C18H24FN5O2/c1-12(21-18(25)20-11-13-6-8-24(2)9-7-13)17-22-16(23-26-17)14-4-3-5-15(19)10-14/h3-5,10,12-13H,6-9,11H2,1-2H3,(H2,20,21,25). The van der Waals surface area contributed by atoms with Gasteiger partial charge in [-0.2, -0.15) is 4.98 Å². The Kier molecular flexibility index (Phi) is 5.82. The van der Waals surface area contributed by atoms with Crippen LogP contribution in [0.5, 0.6) is 0 Å². The molecule has 0 radical (unpaired) electrons. The van der Waals surface area contributed by atoms with Crippen LogP contribution in [-0.4, -0.2) is 47.8 Å². The molecule has 2 aromatic rings. The molecule has 2 N–H and O–H groups in total. The van der Waals surface area contributed by atoms with Crippen molar-refractivity contribution in [3.63, 3.8) is 0 Å². The molecule has 140 valence electrons. The van der Waals surface area contributed by atoms with Gasteiger partial charge in [-0.1, -0.05) is 17.3 Å². The molecule has 1 aliphatic rings. The van der Waals surface area contributed by atoms with E-state index in [1.807, 2.05) is 0 Å².